The topological polar surface area (TPSA) is 86.7 Å². The van der Waals surface area contributed by atoms with Gasteiger partial charge in [-0.15, -0.1) is 0 Å². The van der Waals surface area contributed by atoms with Crippen molar-refractivity contribution in [3.8, 4) is 0 Å². The van der Waals surface area contributed by atoms with E-state index in [4.69, 9.17) is 0 Å². The van der Waals surface area contributed by atoms with Crippen LogP contribution in [0.1, 0.15) is 19.8 Å². The molecule has 0 bridgehead atoms. The highest BCUT2D eigenvalue weighted by Crippen LogP contribution is 2.19. The van der Waals surface area contributed by atoms with E-state index in [1.54, 1.807) is 0 Å². The zero-order valence-electron chi connectivity index (χ0n) is 7.44. The van der Waals surface area contributed by atoms with Gasteiger partial charge >= 0.3 is 23.9 Å². The first-order chi connectivity index (χ1) is 6.49. The molecule has 6 heteroatoms. The Labute approximate surface area is 79.2 Å². The van der Waals surface area contributed by atoms with Gasteiger partial charge in [0.05, 0.1) is 18.8 Å². The smallest absolute Gasteiger partial charge is 0.317 e. The van der Waals surface area contributed by atoms with E-state index in [2.05, 4.69) is 9.47 Å². The molecule has 0 N–H and O–H groups in total. The van der Waals surface area contributed by atoms with Crippen LogP contribution in [0.4, 0.5) is 0 Å². The van der Waals surface area contributed by atoms with E-state index >= 15 is 0 Å². The first-order valence-electron chi connectivity index (χ1n) is 3.95. The molecule has 1 heterocycles. The average Bonchev–Trinajstić information content (AvgIpc) is 2.28. The highest BCUT2D eigenvalue weighted by atomic mass is 16.6. The lowest BCUT2D eigenvalue weighted by molar-refractivity contribution is -0.161. The Morgan fingerprint density at radius 1 is 1.50 bits per heavy atom. The minimum atomic E-state index is -0.825. The summed E-state index contributed by atoms with van der Waals surface area (Å²) in [6.45, 7) is 1.08. The molecular formula is C8H8O6. The van der Waals surface area contributed by atoms with Gasteiger partial charge in [-0.3, -0.25) is 19.2 Å². The van der Waals surface area contributed by atoms with Crippen molar-refractivity contribution in [3.63, 3.8) is 0 Å². The fraction of sp³-hybridized carbons (Fsp3) is 0.500. The van der Waals surface area contributed by atoms with Crippen molar-refractivity contribution in [1.29, 1.82) is 0 Å². The van der Waals surface area contributed by atoms with E-state index in [-0.39, 0.29) is 12.8 Å². The van der Waals surface area contributed by atoms with Gasteiger partial charge in [-0.25, -0.2) is 0 Å². The third-order valence-corrected chi connectivity index (χ3v) is 1.63. The average molecular weight is 200 g/mol. The Morgan fingerprint density at radius 2 is 2.14 bits per heavy atom. The lowest BCUT2D eigenvalue weighted by Crippen LogP contribution is -2.17. The van der Waals surface area contributed by atoms with Crippen LogP contribution >= 0.6 is 0 Å². The van der Waals surface area contributed by atoms with E-state index in [1.807, 2.05) is 0 Å². The number of hydrogen-bond donors (Lipinski definition) is 0. The van der Waals surface area contributed by atoms with Gasteiger partial charge in [0, 0.05) is 6.92 Å². The molecular weight excluding hydrogens is 192 g/mol. The lowest BCUT2D eigenvalue weighted by atomic mass is 10.0. The summed E-state index contributed by atoms with van der Waals surface area (Å²) in [6.07, 6.45) is -0.435. The molecule has 1 saturated heterocycles. The van der Waals surface area contributed by atoms with Gasteiger partial charge in [0.25, 0.3) is 0 Å². The first kappa shape index (κ1) is 10.4. The maximum atomic E-state index is 10.9. The van der Waals surface area contributed by atoms with Crippen molar-refractivity contribution < 1.29 is 28.7 Å². The molecule has 1 aliphatic rings. The predicted octanol–water partition coefficient (Wildman–Crippen LogP) is -0.444. The van der Waals surface area contributed by atoms with Crippen LogP contribution in [0.5, 0.6) is 0 Å². The first-order valence-corrected chi connectivity index (χ1v) is 3.95. The summed E-state index contributed by atoms with van der Waals surface area (Å²) in [4.78, 5) is 42.7. The lowest BCUT2D eigenvalue weighted by Gasteiger charge is -2.01. The van der Waals surface area contributed by atoms with Gasteiger partial charge < -0.3 is 9.47 Å². The summed E-state index contributed by atoms with van der Waals surface area (Å²) < 4.78 is 8.41. The fourth-order valence-electron chi connectivity index (χ4n) is 1.08. The van der Waals surface area contributed by atoms with Crippen molar-refractivity contribution in [2.75, 3.05) is 0 Å². The second-order valence-corrected chi connectivity index (χ2v) is 2.86. The molecule has 1 atom stereocenters. The monoisotopic (exact) mass is 200 g/mol. The Morgan fingerprint density at radius 3 is 2.57 bits per heavy atom. The van der Waals surface area contributed by atoms with Crippen LogP contribution in [-0.4, -0.2) is 23.9 Å². The largest absolute Gasteiger partial charge is 0.393 e. The summed E-state index contributed by atoms with van der Waals surface area (Å²) in [6, 6.07) is 0. The van der Waals surface area contributed by atoms with Gasteiger partial charge in [0.2, 0.25) is 0 Å². The number of cyclic esters (lactones) is 2. The van der Waals surface area contributed by atoms with Crippen LogP contribution in [0.3, 0.4) is 0 Å². The van der Waals surface area contributed by atoms with Crippen LogP contribution in [-0.2, 0) is 28.7 Å². The molecule has 0 amide bonds. The maximum Gasteiger partial charge on any atom is 0.317 e. The normalized spacial score (nSPS) is 20.5. The van der Waals surface area contributed by atoms with E-state index < -0.39 is 29.8 Å². The van der Waals surface area contributed by atoms with Gasteiger partial charge in [-0.1, -0.05) is 0 Å². The number of hydrogen-bond acceptors (Lipinski definition) is 6. The highest BCUT2D eigenvalue weighted by molar-refractivity contribution is 5.97. The van der Waals surface area contributed by atoms with E-state index in [0.717, 1.165) is 6.92 Å². The SMILES string of the molecule is CC(=O)OC(=O)C[C@H]1CC(=O)OC1=O. The predicted molar refractivity (Wildman–Crippen MR) is 40.6 cm³/mol. The van der Waals surface area contributed by atoms with Gasteiger partial charge in [0.1, 0.15) is 0 Å². The zero-order valence-corrected chi connectivity index (χ0v) is 7.44. The number of carbonyl (C=O) groups excluding carboxylic acids is 4. The molecule has 0 unspecified atom stereocenters. The minimum absolute atomic E-state index is 0.133. The standard InChI is InChI=1S/C8H8O6/c1-4(9)13-6(10)2-5-3-7(11)14-8(5)12/h5H,2-3H2,1H3/t5-/m0/s1. The number of rotatable bonds is 2. The second-order valence-electron chi connectivity index (χ2n) is 2.86. The molecule has 0 spiro atoms. The van der Waals surface area contributed by atoms with Crippen molar-refractivity contribution in [2.45, 2.75) is 19.8 Å². The van der Waals surface area contributed by atoms with E-state index in [9.17, 15) is 19.2 Å². The van der Waals surface area contributed by atoms with Gasteiger partial charge in [-0.05, 0) is 0 Å². The summed E-state index contributed by atoms with van der Waals surface area (Å²) in [7, 11) is 0. The van der Waals surface area contributed by atoms with Crippen molar-refractivity contribution in [2.24, 2.45) is 5.92 Å². The molecule has 0 aromatic rings. The quantitative estimate of drug-likeness (QED) is 0.443. The molecule has 1 aliphatic heterocycles. The second kappa shape index (κ2) is 3.99. The van der Waals surface area contributed by atoms with Gasteiger partial charge in [0.15, 0.2) is 0 Å². The summed E-state index contributed by atoms with van der Waals surface area (Å²) in [5.41, 5.74) is 0. The Bertz CT molecular complexity index is 305. The zero-order chi connectivity index (χ0) is 10.7. The molecule has 14 heavy (non-hydrogen) atoms. The van der Waals surface area contributed by atoms with Crippen molar-refractivity contribution in [3.05, 3.63) is 0 Å². The minimum Gasteiger partial charge on any atom is -0.393 e. The maximum absolute atomic E-state index is 10.9. The van der Waals surface area contributed by atoms with Crippen LogP contribution in [0.15, 0.2) is 0 Å². The molecule has 0 saturated carbocycles. The Balaban J connectivity index is 2.45. The molecule has 1 fully saturated rings. The Kier molecular flexibility index (Phi) is 2.95. The van der Waals surface area contributed by atoms with Crippen LogP contribution in [0, 0.1) is 5.92 Å². The molecule has 6 nitrogen and oxygen atoms in total. The summed E-state index contributed by atoms with van der Waals surface area (Å²) >= 11 is 0. The summed E-state index contributed by atoms with van der Waals surface area (Å²) in [5, 5.41) is 0. The van der Waals surface area contributed by atoms with Crippen LogP contribution in [0.2, 0.25) is 0 Å². The Hall–Kier alpha value is -1.72. The number of ether oxygens (including phenoxy) is 2. The van der Waals surface area contributed by atoms with Crippen molar-refractivity contribution in [1.82, 2.24) is 0 Å². The van der Waals surface area contributed by atoms with E-state index in [1.165, 1.54) is 0 Å². The summed E-state index contributed by atoms with van der Waals surface area (Å²) in [5.74, 6) is -3.78. The number of carbonyl (C=O) groups is 4. The fourth-order valence-corrected chi connectivity index (χ4v) is 1.08. The third kappa shape index (κ3) is 2.65. The van der Waals surface area contributed by atoms with Gasteiger partial charge in [-0.2, -0.15) is 0 Å². The molecule has 0 radical (unpaired) electrons. The van der Waals surface area contributed by atoms with Crippen LogP contribution in [0.25, 0.3) is 0 Å². The number of esters is 4. The van der Waals surface area contributed by atoms with Crippen molar-refractivity contribution >= 4 is 23.9 Å². The molecule has 0 aromatic heterocycles. The molecule has 76 valence electrons. The molecule has 0 aliphatic carbocycles. The molecule has 0 aromatic carbocycles. The third-order valence-electron chi connectivity index (χ3n) is 1.63. The van der Waals surface area contributed by atoms with E-state index in [0.29, 0.717) is 0 Å². The highest BCUT2D eigenvalue weighted by Gasteiger charge is 2.35. The molecule has 1 rings (SSSR count). The van der Waals surface area contributed by atoms with Crippen LogP contribution < -0.4 is 0 Å².